The quantitative estimate of drug-likeness (QED) is 0.822. The third kappa shape index (κ3) is 3.52. The van der Waals surface area contributed by atoms with E-state index in [0.717, 1.165) is 57.3 Å². The predicted octanol–water partition coefficient (Wildman–Crippen LogP) is 1.55. The van der Waals surface area contributed by atoms with Gasteiger partial charge in [0.25, 0.3) is 10.0 Å². The van der Waals surface area contributed by atoms with E-state index in [-0.39, 0.29) is 5.03 Å². The lowest BCUT2D eigenvalue weighted by Crippen LogP contribution is -2.49. The Morgan fingerprint density at radius 2 is 1.91 bits per heavy atom. The first-order valence-electron chi connectivity index (χ1n) is 8.33. The van der Waals surface area contributed by atoms with Gasteiger partial charge in [0.2, 0.25) is 0 Å². The molecule has 1 saturated carbocycles. The molecule has 0 bridgehead atoms. The number of aromatic nitrogens is 2. The Morgan fingerprint density at radius 1 is 1.18 bits per heavy atom. The standard InChI is InChI=1S/C15H26N4O2S/c16-15(8-4-1-2-5-9-15)12-17-22(20,21)14-11-19-10-6-3-7-13(19)18-14/h11,17H,1-10,12,16H2. The van der Waals surface area contributed by atoms with Crippen LogP contribution in [-0.4, -0.2) is 30.1 Å². The van der Waals surface area contributed by atoms with Gasteiger partial charge in [-0.25, -0.2) is 18.1 Å². The zero-order valence-corrected chi connectivity index (χ0v) is 13.9. The highest BCUT2D eigenvalue weighted by molar-refractivity contribution is 7.89. The van der Waals surface area contributed by atoms with Crippen LogP contribution in [0.2, 0.25) is 0 Å². The fourth-order valence-corrected chi connectivity index (χ4v) is 4.56. The maximum absolute atomic E-state index is 12.5. The van der Waals surface area contributed by atoms with Crippen LogP contribution in [0.25, 0.3) is 0 Å². The molecule has 2 aliphatic rings. The molecule has 0 radical (unpaired) electrons. The van der Waals surface area contributed by atoms with Crippen LogP contribution >= 0.6 is 0 Å². The van der Waals surface area contributed by atoms with E-state index in [1.165, 1.54) is 12.8 Å². The Morgan fingerprint density at radius 3 is 2.59 bits per heavy atom. The number of nitrogens with one attached hydrogen (secondary N) is 1. The smallest absolute Gasteiger partial charge is 0.259 e. The van der Waals surface area contributed by atoms with Crippen LogP contribution in [0, 0.1) is 0 Å². The largest absolute Gasteiger partial charge is 0.333 e. The van der Waals surface area contributed by atoms with Gasteiger partial charge in [-0.2, -0.15) is 0 Å². The van der Waals surface area contributed by atoms with Gasteiger partial charge in [0.1, 0.15) is 5.82 Å². The van der Waals surface area contributed by atoms with E-state index < -0.39 is 15.6 Å². The maximum Gasteiger partial charge on any atom is 0.259 e. The molecule has 7 heteroatoms. The number of rotatable bonds is 4. The molecule has 6 nitrogen and oxygen atoms in total. The Labute approximate surface area is 132 Å². The van der Waals surface area contributed by atoms with Crippen molar-refractivity contribution in [3.63, 3.8) is 0 Å². The minimum atomic E-state index is -3.57. The summed E-state index contributed by atoms with van der Waals surface area (Å²) in [4.78, 5) is 4.30. The fourth-order valence-electron chi connectivity index (χ4n) is 3.44. The summed E-state index contributed by atoms with van der Waals surface area (Å²) >= 11 is 0. The van der Waals surface area contributed by atoms with Gasteiger partial charge in [-0.15, -0.1) is 0 Å². The van der Waals surface area contributed by atoms with Crippen LogP contribution < -0.4 is 10.5 Å². The number of fused-ring (bicyclic) bond motifs is 1. The Balaban J connectivity index is 1.69. The molecular formula is C15H26N4O2S. The molecule has 1 aliphatic carbocycles. The van der Waals surface area contributed by atoms with E-state index >= 15 is 0 Å². The molecule has 3 rings (SSSR count). The summed E-state index contributed by atoms with van der Waals surface area (Å²) in [6, 6.07) is 0. The monoisotopic (exact) mass is 326 g/mol. The summed E-state index contributed by atoms with van der Waals surface area (Å²) in [7, 11) is -3.57. The normalized spacial score (nSPS) is 22.0. The molecular weight excluding hydrogens is 300 g/mol. The lowest BCUT2D eigenvalue weighted by atomic mass is 9.92. The van der Waals surface area contributed by atoms with Crippen molar-refractivity contribution in [3.8, 4) is 0 Å². The molecule has 3 N–H and O–H groups in total. The molecule has 0 saturated heterocycles. The van der Waals surface area contributed by atoms with Crippen molar-refractivity contribution >= 4 is 10.0 Å². The number of nitrogens with zero attached hydrogens (tertiary/aromatic N) is 2. The molecule has 2 heterocycles. The van der Waals surface area contributed by atoms with Gasteiger partial charge >= 0.3 is 0 Å². The minimum absolute atomic E-state index is 0.140. The van der Waals surface area contributed by atoms with Crippen molar-refractivity contribution in [1.29, 1.82) is 0 Å². The topological polar surface area (TPSA) is 90.0 Å². The average Bonchev–Trinajstić information content (AvgIpc) is 2.83. The second-order valence-electron chi connectivity index (χ2n) is 6.75. The van der Waals surface area contributed by atoms with Crippen LogP contribution in [0.15, 0.2) is 11.2 Å². The highest BCUT2D eigenvalue weighted by atomic mass is 32.2. The third-order valence-corrected chi connectivity index (χ3v) is 6.15. The summed E-state index contributed by atoms with van der Waals surface area (Å²) in [5, 5.41) is 0.140. The summed E-state index contributed by atoms with van der Waals surface area (Å²) < 4.78 is 29.6. The molecule has 124 valence electrons. The number of sulfonamides is 1. The van der Waals surface area contributed by atoms with Crippen molar-refractivity contribution in [3.05, 3.63) is 12.0 Å². The molecule has 0 amide bonds. The number of imidazole rings is 1. The lowest BCUT2D eigenvalue weighted by molar-refractivity contribution is 0.369. The van der Waals surface area contributed by atoms with Crippen LogP contribution in [0.1, 0.15) is 57.2 Å². The summed E-state index contributed by atoms with van der Waals surface area (Å²) in [6.45, 7) is 1.16. The molecule has 1 fully saturated rings. The minimum Gasteiger partial charge on any atom is -0.333 e. The van der Waals surface area contributed by atoms with Crippen LogP contribution in [0.3, 0.4) is 0 Å². The number of hydrogen-bond acceptors (Lipinski definition) is 4. The van der Waals surface area contributed by atoms with Crippen molar-refractivity contribution in [1.82, 2.24) is 14.3 Å². The van der Waals surface area contributed by atoms with Crippen molar-refractivity contribution in [2.45, 2.75) is 74.9 Å². The zero-order valence-electron chi connectivity index (χ0n) is 13.1. The van der Waals surface area contributed by atoms with Crippen molar-refractivity contribution in [2.75, 3.05) is 6.54 Å². The maximum atomic E-state index is 12.5. The van der Waals surface area contributed by atoms with Gasteiger partial charge in [-0.3, -0.25) is 0 Å². The summed E-state index contributed by atoms with van der Waals surface area (Å²) in [5.74, 6) is 0.878. The SMILES string of the molecule is NC1(CNS(=O)(=O)c2cn3c(n2)CCCC3)CCCCCC1. The first-order chi connectivity index (χ1) is 10.5. The first kappa shape index (κ1) is 16.0. The van der Waals surface area contributed by atoms with Crippen molar-refractivity contribution < 1.29 is 8.42 Å². The Bertz CT molecular complexity index is 592. The highest BCUT2D eigenvalue weighted by Crippen LogP contribution is 2.25. The molecule has 0 spiro atoms. The van der Waals surface area contributed by atoms with Gasteiger partial charge < -0.3 is 10.3 Å². The number of aryl methyl sites for hydroxylation is 2. The van der Waals surface area contributed by atoms with Gasteiger partial charge in [-0.1, -0.05) is 25.7 Å². The van der Waals surface area contributed by atoms with E-state index in [9.17, 15) is 8.42 Å². The number of nitrogens with two attached hydrogens (primary N) is 1. The van der Waals surface area contributed by atoms with E-state index in [0.29, 0.717) is 6.54 Å². The summed E-state index contributed by atoms with van der Waals surface area (Å²) in [5.41, 5.74) is 5.98. The van der Waals surface area contributed by atoms with Crippen LogP contribution in [0.5, 0.6) is 0 Å². The van der Waals surface area contributed by atoms with E-state index in [2.05, 4.69) is 9.71 Å². The average molecular weight is 326 g/mol. The van der Waals surface area contributed by atoms with Gasteiger partial charge in [-0.05, 0) is 25.7 Å². The van der Waals surface area contributed by atoms with E-state index in [1.54, 1.807) is 6.20 Å². The van der Waals surface area contributed by atoms with Gasteiger partial charge in [0, 0.05) is 31.2 Å². The first-order valence-corrected chi connectivity index (χ1v) is 9.82. The molecule has 1 aliphatic heterocycles. The molecule has 0 atom stereocenters. The van der Waals surface area contributed by atoms with Crippen molar-refractivity contribution in [2.24, 2.45) is 5.73 Å². The van der Waals surface area contributed by atoms with Gasteiger partial charge in [0.15, 0.2) is 5.03 Å². The highest BCUT2D eigenvalue weighted by Gasteiger charge is 2.29. The van der Waals surface area contributed by atoms with Gasteiger partial charge in [0.05, 0.1) is 0 Å². The zero-order chi connectivity index (χ0) is 15.6. The second-order valence-corrected chi connectivity index (χ2v) is 8.46. The molecule has 0 unspecified atom stereocenters. The van der Waals surface area contributed by atoms with E-state index in [4.69, 9.17) is 5.73 Å². The van der Waals surface area contributed by atoms with Crippen LogP contribution in [-0.2, 0) is 23.0 Å². The number of hydrogen-bond donors (Lipinski definition) is 2. The molecule has 1 aromatic heterocycles. The Hall–Kier alpha value is -0.920. The molecule has 0 aromatic carbocycles. The molecule has 22 heavy (non-hydrogen) atoms. The summed E-state index contributed by atoms with van der Waals surface area (Å²) in [6.07, 6.45) is 11.0. The Kier molecular flexibility index (Phi) is 4.56. The predicted molar refractivity (Wildman–Crippen MR) is 85.0 cm³/mol. The third-order valence-electron chi connectivity index (χ3n) is 4.88. The molecule has 1 aromatic rings. The second kappa shape index (κ2) is 6.29. The van der Waals surface area contributed by atoms with Crippen LogP contribution in [0.4, 0.5) is 0 Å². The fraction of sp³-hybridized carbons (Fsp3) is 0.800. The van der Waals surface area contributed by atoms with E-state index in [1.807, 2.05) is 4.57 Å². The lowest BCUT2D eigenvalue weighted by Gasteiger charge is -2.27.